The molecule has 4 rings (SSSR count). The van der Waals surface area contributed by atoms with Crippen LogP contribution >= 0.6 is 12.2 Å². The van der Waals surface area contributed by atoms with Crippen LogP contribution in [0, 0.1) is 0 Å². The first kappa shape index (κ1) is 13.4. The molecule has 0 bridgehead atoms. The number of pyridine rings is 2. The van der Waals surface area contributed by atoms with Crippen LogP contribution < -0.4 is 5.32 Å². The third kappa shape index (κ3) is 2.27. The highest BCUT2D eigenvalue weighted by Crippen LogP contribution is 2.29. The molecule has 3 aromatic rings. The van der Waals surface area contributed by atoms with Crippen LogP contribution in [0.4, 0.5) is 5.69 Å². The van der Waals surface area contributed by atoms with Gasteiger partial charge in [0.25, 0.3) is 0 Å². The summed E-state index contributed by atoms with van der Waals surface area (Å²) in [7, 11) is 0. The molecule has 1 N–H and O–H groups in total. The summed E-state index contributed by atoms with van der Waals surface area (Å²) in [6, 6.07) is 10.1. The van der Waals surface area contributed by atoms with E-state index in [1.165, 1.54) is 12.8 Å². The van der Waals surface area contributed by atoms with Gasteiger partial charge in [-0.2, -0.15) is 0 Å². The molecule has 0 saturated carbocycles. The van der Waals surface area contributed by atoms with E-state index in [9.17, 15) is 0 Å². The largest absolute Gasteiger partial charge is 0.349 e. The van der Waals surface area contributed by atoms with Crippen LogP contribution in [0.15, 0.2) is 42.7 Å². The molecule has 0 amide bonds. The Morgan fingerprint density at radius 3 is 2.59 bits per heavy atom. The van der Waals surface area contributed by atoms with Crippen LogP contribution in [0.5, 0.6) is 0 Å². The Kier molecular flexibility index (Phi) is 3.35. The van der Waals surface area contributed by atoms with Gasteiger partial charge in [-0.15, -0.1) is 0 Å². The van der Waals surface area contributed by atoms with E-state index < -0.39 is 0 Å². The second-order valence-electron chi connectivity index (χ2n) is 5.52. The molecule has 0 atom stereocenters. The quantitative estimate of drug-likeness (QED) is 0.550. The topological polar surface area (TPSA) is 41.1 Å². The molecule has 110 valence electrons. The van der Waals surface area contributed by atoms with Gasteiger partial charge < -0.3 is 10.2 Å². The van der Waals surface area contributed by atoms with Crippen LogP contribution in [-0.2, 0) is 0 Å². The van der Waals surface area contributed by atoms with E-state index in [1.54, 1.807) is 0 Å². The lowest BCUT2D eigenvalue weighted by atomic mass is 10.1. The molecule has 0 spiro atoms. The van der Waals surface area contributed by atoms with Crippen molar-refractivity contribution in [1.29, 1.82) is 0 Å². The van der Waals surface area contributed by atoms with E-state index in [2.05, 4.69) is 32.3 Å². The Balaban J connectivity index is 1.83. The first-order chi connectivity index (χ1) is 10.8. The van der Waals surface area contributed by atoms with Gasteiger partial charge in [0.1, 0.15) is 0 Å². The molecule has 1 saturated heterocycles. The molecule has 22 heavy (non-hydrogen) atoms. The second kappa shape index (κ2) is 5.50. The van der Waals surface area contributed by atoms with Crippen molar-refractivity contribution < 1.29 is 0 Å². The first-order valence-electron chi connectivity index (χ1n) is 7.51. The van der Waals surface area contributed by atoms with Crippen LogP contribution in [-0.4, -0.2) is 33.1 Å². The predicted molar refractivity (Wildman–Crippen MR) is 94.1 cm³/mol. The van der Waals surface area contributed by atoms with Gasteiger partial charge in [-0.05, 0) is 43.3 Å². The maximum atomic E-state index is 5.55. The lowest BCUT2D eigenvalue weighted by Gasteiger charge is -2.20. The van der Waals surface area contributed by atoms with E-state index in [0.717, 1.165) is 45.7 Å². The van der Waals surface area contributed by atoms with Gasteiger partial charge in [-0.1, -0.05) is 12.1 Å². The van der Waals surface area contributed by atoms with Crippen molar-refractivity contribution in [3.63, 3.8) is 0 Å². The zero-order valence-corrected chi connectivity index (χ0v) is 12.9. The number of rotatable bonds is 1. The smallest absolute Gasteiger partial charge is 0.173 e. The van der Waals surface area contributed by atoms with Gasteiger partial charge in [-0.3, -0.25) is 9.97 Å². The molecule has 5 heteroatoms. The monoisotopic (exact) mass is 308 g/mol. The number of anilines is 1. The number of aromatic nitrogens is 2. The molecule has 1 aromatic carbocycles. The van der Waals surface area contributed by atoms with Gasteiger partial charge in [-0.25, -0.2) is 0 Å². The van der Waals surface area contributed by atoms with Crippen molar-refractivity contribution >= 4 is 44.8 Å². The number of fused-ring (bicyclic) bond motifs is 3. The minimum atomic E-state index is 0.778. The molecule has 0 aliphatic carbocycles. The van der Waals surface area contributed by atoms with Crippen molar-refractivity contribution in [3.05, 3.63) is 42.7 Å². The van der Waals surface area contributed by atoms with Crippen molar-refractivity contribution in [1.82, 2.24) is 14.9 Å². The lowest BCUT2D eigenvalue weighted by Crippen LogP contribution is -2.31. The highest BCUT2D eigenvalue weighted by atomic mass is 32.1. The summed E-state index contributed by atoms with van der Waals surface area (Å²) in [5, 5.41) is 6.36. The SMILES string of the molecule is S=C(Nc1cc2ncccc2c2cccnc12)N1CCCC1. The zero-order valence-electron chi connectivity index (χ0n) is 12.1. The average Bonchev–Trinajstić information content (AvgIpc) is 3.10. The Hall–Kier alpha value is -2.27. The standard InChI is InChI=1S/C17H16N4S/c22-17(21-9-1-2-10-21)20-15-11-14-12(5-3-7-18-14)13-6-4-8-19-16(13)15/h3-8,11H,1-2,9-10H2,(H,20,22). The number of benzene rings is 1. The average molecular weight is 308 g/mol. The van der Waals surface area contributed by atoms with Gasteiger partial charge in [0.15, 0.2) is 5.11 Å². The second-order valence-corrected chi connectivity index (χ2v) is 5.90. The highest BCUT2D eigenvalue weighted by Gasteiger charge is 2.16. The fourth-order valence-corrected chi connectivity index (χ4v) is 3.30. The molecular formula is C17H16N4S. The predicted octanol–water partition coefficient (Wildman–Crippen LogP) is 3.58. The summed E-state index contributed by atoms with van der Waals surface area (Å²) in [6.45, 7) is 2.06. The number of thiocarbonyl (C=S) groups is 1. The fraction of sp³-hybridized carbons (Fsp3) is 0.235. The first-order valence-corrected chi connectivity index (χ1v) is 7.92. The Bertz CT molecular complexity index is 856. The number of nitrogens with zero attached hydrogens (tertiary/aromatic N) is 3. The minimum absolute atomic E-state index is 0.778. The summed E-state index contributed by atoms with van der Waals surface area (Å²) in [5.41, 5.74) is 2.82. The van der Waals surface area contributed by atoms with Gasteiger partial charge in [0.05, 0.1) is 16.7 Å². The Morgan fingerprint density at radius 1 is 1.05 bits per heavy atom. The molecule has 0 unspecified atom stereocenters. The number of nitrogens with one attached hydrogen (secondary N) is 1. The number of hydrogen-bond donors (Lipinski definition) is 1. The maximum Gasteiger partial charge on any atom is 0.173 e. The van der Waals surface area contributed by atoms with E-state index in [0.29, 0.717) is 0 Å². The third-order valence-electron chi connectivity index (χ3n) is 4.11. The summed E-state index contributed by atoms with van der Waals surface area (Å²) in [5.74, 6) is 0. The Morgan fingerprint density at radius 2 is 1.77 bits per heavy atom. The number of hydrogen-bond acceptors (Lipinski definition) is 3. The van der Waals surface area contributed by atoms with Crippen molar-refractivity contribution in [3.8, 4) is 0 Å². The molecule has 0 radical (unpaired) electrons. The van der Waals surface area contributed by atoms with Crippen molar-refractivity contribution in [2.45, 2.75) is 12.8 Å². The van der Waals surface area contributed by atoms with Crippen LogP contribution in [0.2, 0.25) is 0 Å². The minimum Gasteiger partial charge on any atom is -0.349 e. The van der Waals surface area contributed by atoms with Crippen LogP contribution in [0.25, 0.3) is 21.8 Å². The van der Waals surface area contributed by atoms with E-state index >= 15 is 0 Å². The van der Waals surface area contributed by atoms with Gasteiger partial charge in [0, 0.05) is 36.3 Å². The number of likely N-dealkylation sites (tertiary alicyclic amines) is 1. The van der Waals surface area contributed by atoms with Crippen molar-refractivity contribution in [2.24, 2.45) is 0 Å². The van der Waals surface area contributed by atoms with Gasteiger partial charge >= 0.3 is 0 Å². The van der Waals surface area contributed by atoms with Crippen LogP contribution in [0.3, 0.4) is 0 Å². The van der Waals surface area contributed by atoms with Crippen molar-refractivity contribution in [2.75, 3.05) is 18.4 Å². The molecular weight excluding hydrogens is 292 g/mol. The molecule has 1 aliphatic rings. The fourth-order valence-electron chi connectivity index (χ4n) is 3.01. The maximum absolute atomic E-state index is 5.55. The van der Waals surface area contributed by atoms with E-state index in [-0.39, 0.29) is 0 Å². The highest BCUT2D eigenvalue weighted by molar-refractivity contribution is 7.80. The zero-order chi connectivity index (χ0) is 14.9. The lowest BCUT2D eigenvalue weighted by molar-refractivity contribution is 0.528. The summed E-state index contributed by atoms with van der Waals surface area (Å²) < 4.78 is 0. The molecule has 2 aromatic heterocycles. The molecule has 4 nitrogen and oxygen atoms in total. The molecule has 1 aliphatic heterocycles. The van der Waals surface area contributed by atoms with Gasteiger partial charge in [0.2, 0.25) is 0 Å². The van der Waals surface area contributed by atoms with E-state index in [1.807, 2.05) is 30.6 Å². The van der Waals surface area contributed by atoms with Crippen LogP contribution in [0.1, 0.15) is 12.8 Å². The third-order valence-corrected chi connectivity index (χ3v) is 4.47. The summed E-state index contributed by atoms with van der Waals surface area (Å²) in [6.07, 6.45) is 6.04. The molecule has 1 fully saturated rings. The van der Waals surface area contributed by atoms with E-state index in [4.69, 9.17) is 12.2 Å². The summed E-state index contributed by atoms with van der Waals surface area (Å²) >= 11 is 5.55. The normalized spacial score (nSPS) is 14.6. The Labute approximate surface area is 134 Å². The molecule has 3 heterocycles. The summed E-state index contributed by atoms with van der Waals surface area (Å²) in [4.78, 5) is 11.2.